The van der Waals surface area contributed by atoms with Crippen LogP contribution in [0.4, 0.5) is 0 Å². The van der Waals surface area contributed by atoms with Gasteiger partial charge in [0.05, 0.1) is 0 Å². The molecule has 0 rings (SSSR count). The van der Waals surface area contributed by atoms with Gasteiger partial charge < -0.3 is 5.32 Å². The van der Waals surface area contributed by atoms with Crippen LogP contribution in [0, 0.1) is 23.7 Å². The molecule has 0 aliphatic rings. The Balaban J connectivity index is 3.20. The molecular weight excluding hydrogens is 426 g/mol. The van der Waals surface area contributed by atoms with Crippen LogP contribution >= 0.6 is 0 Å². The standard InChI is InChI=1S/C33H59NO/c1-3-5-7-9-11-13-15-17-18-19-20-22-24-26-28-30-32-34-33(35)31-29-27-25-23-21-16-14-12-10-8-6-4-2/h3-5,7,9,11,13-32H2,1-2H3,(H,34,35). The lowest BCUT2D eigenvalue weighted by molar-refractivity contribution is -0.121. The number of hydrogen-bond donors (Lipinski definition) is 1. The maximum absolute atomic E-state index is 11.9. The summed E-state index contributed by atoms with van der Waals surface area (Å²) in [5, 5.41) is 3.11. The lowest BCUT2D eigenvalue weighted by Crippen LogP contribution is -2.23. The molecule has 0 aromatic rings. The zero-order valence-electron chi connectivity index (χ0n) is 23.8. The number of amides is 1. The van der Waals surface area contributed by atoms with Crippen LogP contribution in [0.15, 0.2) is 0 Å². The molecule has 35 heavy (non-hydrogen) atoms. The molecule has 0 saturated heterocycles. The van der Waals surface area contributed by atoms with Gasteiger partial charge in [-0.1, -0.05) is 148 Å². The van der Waals surface area contributed by atoms with Crippen molar-refractivity contribution in [1.82, 2.24) is 5.32 Å². The Labute approximate surface area is 220 Å². The minimum absolute atomic E-state index is 0.245. The largest absolute Gasteiger partial charge is 0.356 e. The van der Waals surface area contributed by atoms with Crippen molar-refractivity contribution in [2.45, 2.75) is 174 Å². The van der Waals surface area contributed by atoms with E-state index in [-0.39, 0.29) is 5.91 Å². The predicted octanol–water partition coefficient (Wildman–Crippen LogP) is 9.90. The van der Waals surface area contributed by atoms with Crippen molar-refractivity contribution in [2.24, 2.45) is 0 Å². The predicted molar refractivity (Wildman–Crippen MR) is 155 cm³/mol. The third kappa shape index (κ3) is 30.6. The maximum Gasteiger partial charge on any atom is 0.219 e. The average molecular weight is 486 g/mol. The van der Waals surface area contributed by atoms with Crippen LogP contribution in [-0.4, -0.2) is 12.5 Å². The second kappa shape index (κ2) is 30.6. The van der Waals surface area contributed by atoms with Gasteiger partial charge in [-0.25, -0.2) is 0 Å². The summed E-state index contributed by atoms with van der Waals surface area (Å²) in [5.41, 5.74) is 0. The van der Waals surface area contributed by atoms with Crippen molar-refractivity contribution >= 4 is 5.91 Å². The number of hydrogen-bond acceptors (Lipinski definition) is 1. The first-order valence-corrected chi connectivity index (χ1v) is 15.5. The summed E-state index contributed by atoms with van der Waals surface area (Å²) in [6.07, 6.45) is 31.8. The second-order valence-corrected chi connectivity index (χ2v) is 10.2. The van der Waals surface area contributed by atoms with E-state index in [1.54, 1.807) is 0 Å². The van der Waals surface area contributed by atoms with Crippen molar-refractivity contribution in [3.8, 4) is 23.7 Å². The van der Waals surface area contributed by atoms with Gasteiger partial charge in [0.1, 0.15) is 0 Å². The van der Waals surface area contributed by atoms with Crippen LogP contribution < -0.4 is 5.32 Å². The molecule has 0 unspecified atom stereocenters. The summed E-state index contributed by atoms with van der Waals surface area (Å²) in [7, 11) is 0. The maximum atomic E-state index is 11.9. The molecule has 2 heteroatoms. The number of carbonyl (C=O) groups excluding carboxylic acids is 1. The van der Waals surface area contributed by atoms with Gasteiger partial charge in [0.25, 0.3) is 0 Å². The van der Waals surface area contributed by atoms with Crippen molar-refractivity contribution in [2.75, 3.05) is 6.54 Å². The molecule has 0 radical (unpaired) electrons. The molecule has 0 aliphatic carbocycles. The van der Waals surface area contributed by atoms with Gasteiger partial charge in [0, 0.05) is 25.8 Å². The fourth-order valence-electron chi connectivity index (χ4n) is 4.43. The van der Waals surface area contributed by atoms with Crippen LogP contribution in [0.2, 0.25) is 0 Å². The van der Waals surface area contributed by atoms with Crippen LogP contribution in [0.25, 0.3) is 0 Å². The molecule has 0 spiro atoms. The van der Waals surface area contributed by atoms with Crippen molar-refractivity contribution in [3.63, 3.8) is 0 Å². The van der Waals surface area contributed by atoms with E-state index < -0.39 is 0 Å². The lowest BCUT2D eigenvalue weighted by Gasteiger charge is -2.06. The Morgan fingerprint density at radius 3 is 1.46 bits per heavy atom. The molecule has 0 aliphatic heterocycles. The Kier molecular flexibility index (Phi) is 29.4. The normalized spacial score (nSPS) is 10.3. The van der Waals surface area contributed by atoms with Crippen molar-refractivity contribution in [3.05, 3.63) is 0 Å². The van der Waals surface area contributed by atoms with E-state index in [4.69, 9.17) is 0 Å². The highest BCUT2D eigenvalue weighted by Crippen LogP contribution is 2.13. The monoisotopic (exact) mass is 485 g/mol. The fourth-order valence-corrected chi connectivity index (χ4v) is 4.43. The number of unbranched alkanes of at least 4 members (excludes halogenated alkanes) is 21. The molecule has 0 aromatic heterocycles. The van der Waals surface area contributed by atoms with Gasteiger partial charge in [-0.3, -0.25) is 4.79 Å². The Morgan fingerprint density at radius 1 is 0.514 bits per heavy atom. The van der Waals surface area contributed by atoms with Gasteiger partial charge in [-0.2, -0.15) is 0 Å². The smallest absolute Gasteiger partial charge is 0.219 e. The van der Waals surface area contributed by atoms with Gasteiger partial charge >= 0.3 is 0 Å². The molecule has 2 nitrogen and oxygen atoms in total. The van der Waals surface area contributed by atoms with Crippen LogP contribution in [0.3, 0.4) is 0 Å². The topological polar surface area (TPSA) is 29.1 Å². The zero-order chi connectivity index (χ0) is 25.5. The second-order valence-electron chi connectivity index (χ2n) is 10.2. The number of carbonyl (C=O) groups is 1. The van der Waals surface area contributed by atoms with Crippen LogP contribution in [0.5, 0.6) is 0 Å². The van der Waals surface area contributed by atoms with Crippen LogP contribution in [-0.2, 0) is 4.79 Å². The Bertz CT molecular complexity index is 559. The molecule has 0 aromatic carbocycles. The van der Waals surface area contributed by atoms with Gasteiger partial charge in [-0.05, 0) is 31.1 Å². The van der Waals surface area contributed by atoms with Gasteiger partial charge in [0.15, 0.2) is 0 Å². The fraction of sp³-hybridized carbons (Fsp3) is 0.848. The van der Waals surface area contributed by atoms with E-state index in [1.807, 2.05) is 6.92 Å². The van der Waals surface area contributed by atoms with E-state index in [1.165, 1.54) is 128 Å². The van der Waals surface area contributed by atoms with E-state index in [2.05, 4.69) is 35.9 Å². The minimum Gasteiger partial charge on any atom is -0.356 e. The molecule has 0 bridgehead atoms. The molecule has 0 saturated carbocycles. The van der Waals surface area contributed by atoms with E-state index in [0.29, 0.717) is 6.42 Å². The highest BCUT2D eigenvalue weighted by Gasteiger charge is 2.01. The highest BCUT2D eigenvalue weighted by molar-refractivity contribution is 5.75. The lowest BCUT2D eigenvalue weighted by atomic mass is 10.0. The summed E-state index contributed by atoms with van der Waals surface area (Å²) in [5.74, 6) is 12.1. The quantitative estimate of drug-likeness (QED) is 0.101. The summed E-state index contributed by atoms with van der Waals surface area (Å²) in [4.78, 5) is 11.9. The molecule has 1 N–H and O–H groups in total. The Morgan fingerprint density at radius 2 is 0.943 bits per heavy atom. The summed E-state index contributed by atoms with van der Waals surface area (Å²) >= 11 is 0. The third-order valence-corrected chi connectivity index (χ3v) is 6.72. The first-order valence-electron chi connectivity index (χ1n) is 15.5. The first-order chi connectivity index (χ1) is 17.3. The first kappa shape index (κ1) is 33.6. The van der Waals surface area contributed by atoms with Crippen molar-refractivity contribution < 1.29 is 4.79 Å². The third-order valence-electron chi connectivity index (χ3n) is 6.72. The minimum atomic E-state index is 0.245. The molecule has 0 atom stereocenters. The molecule has 1 amide bonds. The SMILES string of the molecule is CCC#CC#CCCCCCCCCC(=O)NCCCCCCCCCCCCCCCCCC. The summed E-state index contributed by atoms with van der Waals surface area (Å²) in [6.45, 7) is 5.19. The summed E-state index contributed by atoms with van der Waals surface area (Å²) < 4.78 is 0. The zero-order valence-corrected chi connectivity index (χ0v) is 23.8. The highest BCUT2D eigenvalue weighted by atomic mass is 16.1. The molecule has 0 heterocycles. The van der Waals surface area contributed by atoms with E-state index in [9.17, 15) is 4.79 Å². The Hall–Kier alpha value is -1.41. The number of rotatable bonds is 25. The average Bonchev–Trinajstić information content (AvgIpc) is 2.86. The van der Waals surface area contributed by atoms with E-state index >= 15 is 0 Å². The van der Waals surface area contributed by atoms with E-state index in [0.717, 1.165) is 32.2 Å². The van der Waals surface area contributed by atoms with Crippen LogP contribution in [0.1, 0.15) is 174 Å². The summed E-state index contributed by atoms with van der Waals surface area (Å²) in [6, 6.07) is 0. The molecular formula is C33H59NO. The van der Waals surface area contributed by atoms with Crippen molar-refractivity contribution in [1.29, 1.82) is 0 Å². The van der Waals surface area contributed by atoms with Gasteiger partial charge in [-0.15, -0.1) is 0 Å². The number of nitrogens with one attached hydrogen (secondary N) is 1. The van der Waals surface area contributed by atoms with Gasteiger partial charge in [0.2, 0.25) is 5.91 Å². The molecule has 202 valence electrons. The molecule has 0 fully saturated rings.